The van der Waals surface area contributed by atoms with E-state index in [2.05, 4.69) is 16.5 Å². The first kappa shape index (κ1) is 12.5. The summed E-state index contributed by atoms with van der Waals surface area (Å²) in [6, 6.07) is 7.50. The van der Waals surface area contributed by atoms with Crippen molar-refractivity contribution in [1.29, 1.82) is 5.26 Å². The summed E-state index contributed by atoms with van der Waals surface area (Å²) in [5.41, 5.74) is 2.43. The fourth-order valence-electron chi connectivity index (χ4n) is 1.70. The maximum absolute atomic E-state index is 8.92. The van der Waals surface area contributed by atoms with Gasteiger partial charge in [-0.3, -0.25) is 4.68 Å². The molecule has 18 heavy (non-hydrogen) atoms. The Labute approximate surface area is 111 Å². The second-order valence-electron chi connectivity index (χ2n) is 4.12. The summed E-state index contributed by atoms with van der Waals surface area (Å²) >= 11 is 5.89. The summed E-state index contributed by atoms with van der Waals surface area (Å²) in [6.45, 7) is 2.04. The molecule has 1 N–H and O–H groups in total. The van der Waals surface area contributed by atoms with Crippen LogP contribution in [0.5, 0.6) is 0 Å². The maximum Gasteiger partial charge on any atom is 0.101 e. The zero-order chi connectivity index (χ0) is 13.1. The first-order chi connectivity index (χ1) is 8.60. The fraction of sp³-hybridized carbons (Fsp3) is 0.231. The molecule has 0 fully saturated rings. The van der Waals surface area contributed by atoms with Gasteiger partial charge in [-0.1, -0.05) is 11.6 Å². The Balaban J connectivity index is 2.17. The van der Waals surface area contributed by atoms with Gasteiger partial charge in [-0.25, -0.2) is 0 Å². The van der Waals surface area contributed by atoms with Crippen molar-refractivity contribution < 1.29 is 0 Å². The van der Waals surface area contributed by atoms with Gasteiger partial charge in [0.15, 0.2) is 0 Å². The van der Waals surface area contributed by atoms with Crippen molar-refractivity contribution in [3.63, 3.8) is 0 Å². The van der Waals surface area contributed by atoms with Crippen LogP contribution in [0.4, 0.5) is 5.69 Å². The number of anilines is 1. The zero-order valence-electron chi connectivity index (χ0n) is 10.2. The van der Waals surface area contributed by atoms with Crippen LogP contribution in [0, 0.1) is 11.3 Å². The fourth-order valence-corrected chi connectivity index (χ4v) is 1.86. The first-order valence-corrected chi connectivity index (χ1v) is 5.92. The van der Waals surface area contributed by atoms with Crippen LogP contribution in [0.2, 0.25) is 5.02 Å². The highest BCUT2D eigenvalue weighted by Gasteiger charge is 2.08. The summed E-state index contributed by atoms with van der Waals surface area (Å²) in [5.74, 6) is 0. The minimum Gasteiger partial charge on any atom is -0.378 e. The van der Waals surface area contributed by atoms with Gasteiger partial charge in [0.1, 0.15) is 6.07 Å². The number of hydrogen-bond acceptors (Lipinski definition) is 3. The normalized spacial score (nSPS) is 11.9. The van der Waals surface area contributed by atoms with Crippen LogP contribution in [-0.2, 0) is 7.05 Å². The van der Waals surface area contributed by atoms with Crippen LogP contribution in [-0.4, -0.2) is 9.78 Å². The third-order valence-corrected chi connectivity index (χ3v) is 3.02. The van der Waals surface area contributed by atoms with Crippen molar-refractivity contribution >= 4 is 17.3 Å². The Hall–Kier alpha value is -1.99. The van der Waals surface area contributed by atoms with Gasteiger partial charge in [0.05, 0.1) is 22.8 Å². The van der Waals surface area contributed by atoms with Gasteiger partial charge in [0.2, 0.25) is 0 Å². The Morgan fingerprint density at radius 1 is 1.50 bits per heavy atom. The van der Waals surface area contributed by atoms with E-state index in [4.69, 9.17) is 16.9 Å². The molecule has 92 valence electrons. The lowest BCUT2D eigenvalue weighted by atomic mass is 10.1. The molecule has 0 saturated carbocycles. The van der Waals surface area contributed by atoms with Crippen LogP contribution < -0.4 is 5.32 Å². The van der Waals surface area contributed by atoms with E-state index in [9.17, 15) is 0 Å². The SMILES string of the molecule is CC(Nc1ccc(Cl)c(C#N)c1)c1cnn(C)c1. The van der Waals surface area contributed by atoms with E-state index in [0.717, 1.165) is 11.3 Å². The van der Waals surface area contributed by atoms with Crippen LogP contribution in [0.1, 0.15) is 24.1 Å². The van der Waals surface area contributed by atoms with E-state index in [1.165, 1.54) is 0 Å². The molecule has 2 aromatic rings. The molecule has 0 spiro atoms. The number of benzene rings is 1. The van der Waals surface area contributed by atoms with E-state index >= 15 is 0 Å². The third kappa shape index (κ3) is 2.63. The Bertz CT molecular complexity index is 597. The van der Waals surface area contributed by atoms with Crippen molar-refractivity contribution in [2.75, 3.05) is 5.32 Å². The first-order valence-electron chi connectivity index (χ1n) is 5.55. The lowest BCUT2D eigenvalue weighted by molar-refractivity contribution is 0.765. The standard InChI is InChI=1S/C13H13ClN4/c1-9(11-7-16-18(2)8-11)17-12-3-4-13(14)10(5-12)6-15/h3-5,7-9,17H,1-2H3. The molecule has 0 aliphatic heterocycles. The predicted octanol–water partition coefficient (Wildman–Crippen LogP) is 3.12. The Kier molecular flexibility index (Phi) is 3.54. The van der Waals surface area contributed by atoms with E-state index in [-0.39, 0.29) is 6.04 Å². The number of aromatic nitrogens is 2. The van der Waals surface area contributed by atoms with Crippen LogP contribution >= 0.6 is 11.6 Å². The van der Waals surface area contributed by atoms with E-state index in [1.807, 2.05) is 32.4 Å². The van der Waals surface area contributed by atoms with Crippen molar-refractivity contribution in [3.8, 4) is 6.07 Å². The van der Waals surface area contributed by atoms with Gasteiger partial charge in [0, 0.05) is 24.5 Å². The minimum absolute atomic E-state index is 0.117. The topological polar surface area (TPSA) is 53.6 Å². The average Bonchev–Trinajstić information content (AvgIpc) is 2.78. The molecule has 1 aromatic heterocycles. The maximum atomic E-state index is 8.92. The van der Waals surface area contributed by atoms with E-state index < -0.39 is 0 Å². The number of rotatable bonds is 3. The summed E-state index contributed by atoms with van der Waals surface area (Å²) < 4.78 is 1.76. The van der Waals surface area contributed by atoms with Gasteiger partial charge in [0.25, 0.3) is 0 Å². The van der Waals surface area contributed by atoms with Crippen molar-refractivity contribution in [2.24, 2.45) is 7.05 Å². The molecule has 0 saturated heterocycles. The highest BCUT2D eigenvalue weighted by molar-refractivity contribution is 6.31. The van der Waals surface area contributed by atoms with Crippen molar-refractivity contribution in [2.45, 2.75) is 13.0 Å². The molecule has 0 radical (unpaired) electrons. The predicted molar refractivity (Wildman–Crippen MR) is 71.4 cm³/mol. The number of aryl methyl sites for hydroxylation is 1. The number of nitriles is 1. The number of halogens is 1. The van der Waals surface area contributed by atoms with Crippen LogP contribution in [0.3, 0.4) is 0 Å². The van der Waals surface area contributed by atoms with E-state index in [1.54, 1.807) is 16.8 Å². The van der Waals surface area contributed by atoms with Gasteiger partial charge in [-0.15, -0.1) is 0 Å². The molecule has 1 unspecified atom stereocenters. The van der Waals surface area contributed by atoms with Crippen LogP contribution in [0.15, 0.2) is 30.6 Å². The highest BCUT2D eigenvalue weighted by Crippen LogP contribution is 2.23. The van der Waals surface area contributed by atoms with Gasteiger partial charge >= 0.3 is 0 Å². The molecular formula is C13H13ClN4. The van der Waals surface area contributed by atoms with Crippen LogP contribution in [0.25, 0.3) is 0 Å². The highest BCUT2D eigenvalue weighted by atomic mass is 35.5. The third-order valence-electron chi connectivity index (χ3n) is 2.69. The number of nitrogens with zero attached hydrogens (tertiary/aromatic N) is 3. The Morgan fingerprint density at radius 3 is 2.89 bits per heavy atom. The molecule has 5 heteroatoms. The lowest BCUT2D eigenvalue weighted by Gasteiger charge is -2.14. The molecule has 4 nitrogen and oxygen atoms in total. The quantitative estimate of drug-likeness (QED) is 0.923. The molecule has 2 rings (SSSR count). The second kappa shape index (κ2) is 5.11. The molecular weight excluding hydrogens is 248 g/mol. The summed E-state index contributed by atoms with van der Waals surface area (Å²) in [5, 5.41) is 16.8. The monoisotopic (exact) mass is 260 g/mol. The molecule has 0 amide bonds. The molecule has 1 aromatic carbocycles. The minimum atomic E-state index is 0.117. The molecule has 1 atom stereocenters. The van der Waals surface area contributed by atoms with Crippen molar-refractivity contribution in [1.82, 2.24) is 9.78 Å². The summed E-state index contributed by atoms with van der Waals surface area (Å²) in [7, 11) is 1.88. The Morgan fingerprint density at radius 2 is 2.28 bits per heavy atom. The zero-order valence-corrected chi connectivity index (χ0v) is 10.9. The molecule has 0 aliphatic rings. The largest absolute Gasteiger partial charge is 0.378 e. The molecule has 0 aliphatic carbocycles. The van der Waals surface area contributed by atoms with Crippen molar-refractivity contribution in [3.05, 3.63) is 46.7 Å². The summed E-state index contributed by atoms with van der Waals surface area (Å²) in [6.07, 6.45) is 3.78. The van der Waals surface area contributed by atoms with Gasteiger partial charge in [-0.2, -0.15) is 10.4 Å². The van der Waals surface area contributed by atoms with E-state index in [0.29, 0.717) is 10.6 Å². The van der Waals surface area contributed by atoms with Gasteiger partial charge < -0.3 is 5.32 Å². The average molecular weight is 261 g/mol. The lowest BCUT2D eigenvalue weighted by Crippen LogP contribution is -2.05. The summed E-state index contributed by atoms with van der Waals surface area (Å²) in [4.78, 5) is 0. The second-order valence-corrected chi connectivity index (χ2v) is 4.53. The molecule has 1 heterocycles. The molecule has 0 bridgehead atoms. The van der Waals surface area contributed by atoms with Gasteiger partial charge in [-0.05, 0) is 25.1 Å². The number of nitrogens with one attached hydrogen (secondary N) is 1. The smallest absolute Gasteiger partial charge is 0.101 e. The number of hydrogen-bond donors (Lipinski definition) is 1.